The lowest BCUT2D eigenvalue weighted by molar-refractivity contribution is -0.147. The second kappa shape index (κ2) is 5.77. The molecule has 7 heteroatoms. The molecule has 106 valence electrons. The lowest BCUT2D eigenvalue weighted by Gasteiger charge is -2.19. The quantitative estimate of drug-likeness (QED) is 0.844. The van der Waals surface area contributed by atoms with Crippen LogP contribution in [-0.2, 0) is 24.2 Å². The van der Waals surface area contributed by atoms with E-state index in [2.05, 4.69) is 20.5 Å². The number of hydrogen-bond acceptors (Lipinski definition) is 5. The van der Waals surface area contributed by atoms with Crippen molar-refractivity contribution < 1.29 is 9.90 Å². The van der Waals surface area contributed by atoms with Crippen molar-refractivity contribution >= 4 is 5.97 Å². The normalized spacial score (nSPS) is 11.5. The smallest absolute Gasteiger partial charge is 0.310 e. The van der Waals surface area contributed by atoms with Crippen LogP contribution >= 0.6 is 0 Å². The average Bonchev–Trinajstić information content (AvgIpc) is 2.84. The van der Waals surface area contributed by atoms with Crippen molar-refractivity contribution in [3.63, 3.8) is 0 Å². The molecule has 0 aromatic carbocycles. The Bertz CT molecular complexity index is 579. The minimum atomic E-state index is -0.908. The highest BCUT2D eigenvalue weighted by molar-refractivity contribution is 5.73. The number of aryl methyl sites for hydroxylation is 2. The highest BCUT2D eigenvalue weighted by atomic mass is 16.4. The molecule has 2 heterocycles. The number of nitrogens with zero attached hydrogens (tertiary/aromatic N) is 5. The van der Waals surface area contributed by atoms with Gasteiger partial charge in [0.05, 0.1) is 12.0 Å². The van der Waals surface area contributed by atoms with Gasteiger partial charge in [0.15, 0.2) is 5.82 Å². The summed E-state index contributed by atoms with van der Waals surface area (Å²) in [5, 5.41) is 20.6. The van der Waals surface area contributed by atoms with E-state index in [1.54, 1.807) is 24.7 Å². The first-order chi connectivity index (χ1) is 9.49. The third-order valence-corrected chi connectivity index (χ3v) is 3.06. The number of carboxylic acids is 1. The Labute approximate surface area is 116 Å². The fourth-order valence-electron chi connectivity index (χ4n) is 1.75. The maximum atomic E-state index is 11.1. The Morgan fingerprint density at radius 3 is 2.80 bits per heavy atom. The zero-order valence-electron chi connectivity index (χ0n) is 11.5. The van der Waals surface area contributed by atoms with Gasteiger partial charge in [0, 0.05) is 18.3 Å². The van der Waals surface area contributed by atoms with Crippen LogP contribution in [0.25, 0.3) is 0 Å². The van der Waals surface area contributed by atoms with Crippen LogP contribution in [0.4, 0.5) is 0 Å². The molecule has 0 saturated carbocycles. The minimum Gasteiger partial charge on any atom is -0.481 e. The lowest BCUT2D eigenvalue weighted by Crippen LogP contribution is -2.30. The van der Waals surface area contributed by atoms with E-state index in [1.165, 1.54) is 0 Å². The van der Waals surface area contributed by atoms with E-state index in [0.717, 1.165) is 5.69 Å². The van der Waals surface area contributed by atoms with Crippen LogP contribution in [0.2, 0.25) is 0 Å². The van der Waals surface area contributed by atoms with Crippen molar-refractivity contribution in [2.24, 2.45) is 5.41 Å². The summed E-state index contributed by atoms with van der Waals surface area (Å²) in [5.41, 5.74) is 0.0503. The van der Waals surface area contributed by atoms with Crippen molar-refractivity contribution in [1.29, 1.82) is 0 Å². The molecule has 2 rings (SSSR count). The van der Waals surface area contributed by atoms with Gasteiger partial charge in [0.25, 0.3) is 0 Å². The first-order valence-electron chi connectivity index (χ1n) is 6.37. The number of aromatic nitrogens is 5. The van der Waals surface area contributed by atoms with Gasteiger partial charge in [-0.25, -0.2) is 4.68 Å². The van der Waals surface area contributed by atoms with Crippen molar-refractivity contribution in [3.8, 4) is 0 Å². The van der Waals surface area contributed by atoms with Gasteiger partial charge in [0.1, 0.15) is 0 Å². The van der Waals surface area contributed by atoms with Crippen LogP contribution in [0.15, 0.2) is 24.4 Å². The summed E-state index contributed by atoms with van der Waals surface area (Å²) in [6.07, 6.45) is 3.08. The Morgan fingerprint density at radius 2 is 2.15 bits per heavy atom. The molecular weight excluding hydrogens is 258 g/mol. The predicted molar refractivity (Wildman–Crippen MR) is 70.9 cm³/mol. The van der Waals surface area contributed by atoms with Crippen LogP contribution in [0.5, 0.6) is 0 Å². The molecule has 0 atom stereocenters. The largest absolute Gasteiger partial charge is 0.481 e. The number of rotatable bonds is 6. The number of carboxylic acid groups (broad SMARTS) is 1. The number of hydrogen-bond donors (Lipinski definition) is 1. The van der Waals surface area contributed by atoms with E-state index in [0.29, 0.717) is 18.7 Å². The lowest BCUT2D eigenvalue weighted by atomic mass is 9.94. The summed E-state index contributed by atoms with van der Waals surface area (Å²) in [6, 6.07) is 5.73. The fraction of sp³-hybridized carbons (Fsp3) is 0.462. The second-order valence-electron chi connectivity index (χ2n) is 5.26. The van der Waals surface area contributed by atoms with Crippen molar-refractivity contribution in [2.45, 2.75) is 33.2 Å². The topological polar surface area (TPSA) is 93.8 Å². The van der Waals surface area contributed by atoms with E-state index >= 15 is 0 Å². The van der Waals surface area contributed by atoms with Crippen molar-refractivity contribution in [2.75, 3.05) is 0 Å². The van der Waals surface area contributed by atoms with Gasteiger partial charge in [-0.05, 0) is 42.8 Å². The monoisotopic (exact) mass is 275 g/mol. The van der Waals surface area contributed by atoms with Crippen LogP contribution in [-0.4, -0.2) is 36.3 Å². The summed E-state index contributed by atoms with van der Waals surface area (Å²) < 4.78 is 1.55. The summed E-state index contributed by atoms with van der Waals surface area (Å²) >= 11 is 0. The van der Waals surface area contributed by atoms with Crippen molar-refractivity contribution in [3.05, 3.63) is 35.9 Å². The predicted octanol–water partition coefficient (Wildman–Crippen LogP) is 0.964. The highest BCUT2D eigenvalue weighted by Crippen LogP contribution is 2.18. The number of carbonyl (C=O) groups is 1. The molecule has 1 N–H and O–H groups in total. The molecule has 0 bridgehead atoms. The summed E-state index contributed by atoms with van der Waals surface area (Å²) in [4.78, 5) is 15.4. The minimum absolute atomic E-state index is 0.243. The van der Waals surface area contributed by atoms with Crippen LogP contribution < -0.4 is 0 Å². The van der Waals surface area contributed by atoms with Crippen molar-refractivity contribution in [1.82, 2.24) is 25.2 Å². The summed E-state index contributed by atoms with van der Waals surface area (Å²) in [5.74, 6) is -0.200. The molecule has 0 saturated heterocycles. The van der Waals surface area contributed by atoms with Crippen LogP contribution in [0.3, 0.4) is 0 Å². The molecule has 0 aliphatic heterocycles. The Kier molecular flexibility index (Phi) is 4.07. The molecule has 2 aromatic rings. The summed E-state index contributed by atoms with van der Waals surface area (Å²) in [6.45, 7) is 3.55. The van der Waals surface area contributed by atoms with Gasteiger partial charge in [0.2, 0.25) is 0 Å². The Balaban J connectivity index is 2.04. The van der Waals surface area contributed by atoms with Gasteiger partial charge in [-0.15, -0.1) is 5.10 Å². The standard InChI is InChI=1S/C13H17N5O2/c1-13(2,12(19)20)9-18-11(15-16-17-18)7-6-10-5-3-4-8-14-10/h3-5,8H,6-7,9H2,1-2H3,(H,19,20). The van der Waals surface area contributed by atoms with E-state index in [1.807, 2.05) is 18.2 Å². The third kappa shape index (κ3) is 3.37. The highest BCUT2D eigenvalue weighted by Gasteiger charge is 2.29. The van der Waals surface area contributed by atoms with Gasteiger partial charge < -0.3 is 5.11 Å². The van der Waals surface area contributed by atoms with Crippen LogP contribution in [0, 0.1) is 5.41 Å². The second-order valence-corrected chi connectivity index (χ2v) is 5.26. The maximum Gasteiger partial charge on any atom is 0.310 e. The Morgan fingerprint density at radius 1 is 1.35 bits per heavy atom. The van der Waals surface area contributed by atoms with Gasteiger partial charge >= 0.3 is 5.97 Å². The molecule has 0 unspecified atom stereocenters. The molecule has 2 aromatic heterocycles. The third-order valence-electron chi connectivity index (χ3n) is 3.06. The molecule has 0 aliphatic rings. The SMILES string of the molecule is CC(C)(Cn1nnnc1CCc1ccccn1)C(=O)O. The van der Waals surface area contributed by atoms with Crippen LogP contribution in [0.1, 0.15) is 25.4 Å². The molecule has 0 aliphatic carbocycles. The number of aliphatic carboxylic acids is 1. The molecule has 0 amide bonds. The van der Waals surface area contributed by atoms with E-state index < -0.39 is 11.4 Å². The number of pyridine rings is 1. The van der Waals surface area contributed by atoms with E-state index in [-0.39, 0.29) is 6.54 Å². The molecule has 0 spiro atoms. The zero-order valence-corrected chi connectivity index (χ0v) is 11.5. The maximum absolute atomic E-state index is 11.1. The zero-order chi connectivity index (χ0) is 14.6. The fourth-order valence-corrected chi connectivity index (χ4v) is 1.75. The molecule has 7 nitrogen and oxygen atoms in total. The average molecular weight is 275 g/mol. The molecular formula is C13H17N5O2. The van der Waals surface area contributed by atoms with E-state index in [4.69, 9.17) is 5.11 Å². The van der Waals surface area contributed by atoms with Gasteiger partial charge in [-0.3, -0.25) is 9.78 Å². The molecule has 0 radical (unpaired) electrons. The first-order valence-corrected chi connectivity index (χ1v) is 6.37. The molecule has 0 fully saturated rings. The summed E-state index contributed by atoms with van der Waals surface area (Å²) in [7, 11) is 0. The van der Waals surface area contributed by atoms with Gasteiger partial charge in [-0.2, -0.15) is 0 Å². The van der Waals surface area contributed by atoms with Gasteiger partial charge in [-0.1, -0.05) is 6.07 Å². The number of tetrazole rings is 1. The first kappa shape index (κ1) is 14.1. The van der Waals surface area contributed by atoms with E-state index in [9.17, 15) is 4.79 Å². The molecule has 20 heavy (non-hydrogen) atoms. The Hall–Kier alpha value is -2.31.